The predicted molar refractivity (Wildman–Crippen MR) is 82.5 cm³/mol. The van der Waals surface area contributed by atoms with Gasteiger partial charge in [0, 0.05) is 36.8 Å². The van der Waals surface area contributed by atoms with Gasteiger partial charge in [-0.2, -0.15) is 0 Å². The van der Waals surface area contributed by atoms with Crippen LogP contribution < -0.4 is 15.5 Å². The quantitative estimate of drug-likeness (QED) is 0.794. The summed E-state index contributed by atoms with van der Waals surface area (Å²) in [6.07, 6.45) is 0.121. The number of benzene rings is 1. The Morgan fingerprint density at radius 2 is 1.75 bits per heavy atom. The number of hydrogen-bond donors (Lipinski definition) is 2. The van der Waals surface area contributed by atoms with E-state index in [1.807, 2.05) is 12.1 Å². The highest BCUT2D eigenvalue weighted by Gasteiger charge is 2.07. The lowest BCUT2D eigenvalue weighted by Gasteiger charge is -2.21. The molecule has 0 radical (unpaired) electrons. The summed E-state index contributed by atoms with van der Waals surface area (Å²) in [4.78, 5) is 24.9. The Morgan fingerprint density at radius 3 is 2.25 bits per heavy atom. The van der Waals surface area contributed by atoms with Crippen molar-refractivity contribution in [2.75, 3.05) is 29.2 Å². The molecule has 0 saturated heterocycles. The second-order valence-electron chi connectivity index (χ2n) is 4.16. The van der Waals surface area contributed by atoms with Crippen LogP contribution in [0.3, 0.4) is 0 Å². The Balaban J connectivity index is 2.57. The maximum Gasteiger partial charge on any atom is 0.325 e. The second kappa shape index (κ2) is 8.43. The van der Waals surface area contributed by atoms with Crippen molar-refractivity contribution in [2.24, 2.45) is 0 Å². The lowest BCUT2D eigenvalue weighted by molar-refractivity contribution is -0.119. The van der Waals surface area contributed by atoms with Crippen LogP contribution in [0.25, 0.3) is 0 Å². The van der Waals surface area contributed by atoms with Crippen LogP contribution in [-0.4, -0.2) is 30.9 Å². The number of amides is 3. The Morgan fingerprint density at radius 1 is 1.15 bits per heavy atom. The van der Waals surface area contributed by atoms with Gasteiger partial charge >= 0.3 is 6.03 Å². The van der Waals surface area contributed by atoms with Crippen LogP contribution in [0.2, 0.25) is 0 Å². The molecule has 0 fully saturated rings. The molecule has 1 rings (SSSR count). The molecule has 0 saturated carbocycles. The molecule has 0 heterocycles. The molecule has 3 amide bonds. The number of imide groups is 1. The number of carbonyl (C=O) groups excluding carboxylic acids is 2. The zero-order valence-electron chi connectivity index (χ0n) is 11.8. The van der Waals surface area contributed by atoms with E-state index in [0.29, 0.717) is 5.69 Å². The molecule has 0 bridgehead atoms. The van der Waals surface area contributed by atoms with E-state index < -0.39 is 11.9 Å². The molecule has 1 aromatic rings. The van der Waals surface area contributed by atoms with E-state index in [1.54, 1.807) is 12.1 Å². The largest absolute Gasteiger partial charge is 0.372 e. The molecule has 6 heteroatoms. The summed E-state index contributed by atoms with van der Waals surface area (Å²) in [6.45, 7) is 6.03. The van der Waals surface area contributed by atoms with Gasteiger partial charge in [0.1, 0.15) is 0 Å². The number of rotatable bonds is 6. The molecule has 0 aliphatic carbocycles. The van der Waals surface area contributed by atoms with Crippen molar-refractivity contribution < 1.29 is 9.59 Å². The van der Waals surface area contributed by atoms with Crippen molar-refractivity contribution in [1.29, 1.82) is 0 Å². The van der Waals surface area contributed by atoms with Crippen molar-refractivity contribution in [2.45, 2.75) is 20.3 Å². The minimum absolute atomic E-state index is 0.121. The van der Waals surface area contributed by atoms with Gasteiger partial charge in [-0.3, -0.25) is 10.1 Å². The Kier molecular flexibility index (Phi) is 6.87. The van der Waals surface area contributed by atoms with E-state index >= 15 is 0 Å². The van der Waals surface area contributed by atoms with Crippen molar-refractivity contribution in [3.63, 3.8) is 0 Å². The van der Waals surface area contributed by atoms with Gasteiger partial charge in [-0.25, -0.2) is 4.79 Å². The molecule has 0 aromatic heterocycles. The molecule has 5 nitrogen and oxygen atoms in total. The zero-order chi connectivity index (χ0) is 15.0. The molecule has 1 aromatic carbocycles. The molecule has 20 heavy (non-hydrogen) atoms. The average molecular weight is 298 g/mol. The van der Waals surface area contributed by atoms with Crippen LogP contribution in [0.15, 0.2) is 24.3 Å². The highest BCUT2D eigenvalue weighted by Crippen LogP contribution is 2.17. The summed E-state index contributed by atoms with van der Waals surface area (Å²) in [5.41, 5.74) is 1.73. The second-order valence-corrected chi connectivity index (χ2v) is 4.54. The van der Waals surface area contributed by atoms with Crippen molar-refractivity contribution >= 4 is 34.9 Å². The van der Waals surface area contributed by atoms with Gasteiger partial charge in [0.2, 0.25) is 5.91 Å². The number of hydrogen-bond acceptors (Lipinski definition) is 3. The average Bonchev–Trinajstić information content (AvgIpc) is 2.42. The summed E-state index contributed by atoms with van der Waals surface area (Å²) < 4.78 is 0. The van der Waals surface area contributed by atoms with Crippen LogP contribution in [0.4, 0.5) is 16.2 Å². The van der Waals surface area contributed by atoms with Gasteiger partial charge in [-0.15, -0.1) is 11.6 Å². The lowest BCUT2D eigenvalue weighted by atomic mass is 10.2. The molecule has 0 unspecified atom stereocenters. The topological polar surface area (TPSA) is 61.4 Å². The Labute approximate surface area is 124 Å². The van der Waals surface area contributed by atoms with Crippen LogP contribution >= 0.6 is 11.6 Å². The van der Waals surface area contributed by atoms with Gasteiger partial charge < -0.3 is 10.2 Å². The maximum atomic E-state index is 11.5. The molecule has 0 aliphatic heterocycles. The minimum Gasteiger partial charge on any atom is -0.372 e. The minimum atomic E-state index is -0.546. The Bertz CT molecular complexity index is 444. The van der Waals surface area contributed by atoms with E-state index in [-0.39, 0.29) is 12.3 Å². The highest BCUT2D eigenvalue weighted by atomic mass is 35.5. The predicted octanol–water partition coefficient (Wildman–Crippen LogP) is 2.81. The van der Waals surface area contributed by atoms with Gasteiger partial charge in [0.05, 0.1) is 0 Å². The van der Waals surface area contributed by atoms with Crippen molar-refractivity contribution in [1.82, 2.24) is 5.32 Å². The van der Waals surface area contributed by atoms with Gasteiger partial charge in [0.15, 0.2) is 0 Å². The lowest BCUT2D eigenvalue weighted by Crippen LogP contribution is -2.34. The van der Waals surface area contributed by atoms with E-state index in [2.05, 4.69) is 29.4 Å². The first kappa shape index (κ1) is 16.3. The number of alkyl halides is 1. The van der Waals surface area contributed by atoms with Crippen molar-refractivity contribution in [3.8, 4) is 0 Å². The molecule has 0 atom stereocenters. The molecule has 0 spiro atoms. The Hall–Kier alpha value is -1.75. The first-order chi connectivity index (χ1) is 9.60. The number of halogens is 1. The van der Waals surface area contributed by atoms with E-state index in [4.69, 9.17) is 11.6 Å². The van der Waals surface area contributed by atoms with E-state index in [0.717, 1.165) is 18.8 Å². The SMILES string of the molecule is CCN(CC)c1ccc(NC(=O)NC(=O)CCCl)cc1. The third kappa shape index (κ3) is 5.09. The maximum absolute atomic E-state index is 11.5. The monoisotopic (exact) mass is 297 g/mol. The highest BCUT2D eigenvalue weighted by molar-refractivity contribution is 6.19. The first-order valence-corrected chi connectivity index (χ1v) is 7.16. The molecular weight excluding hydrogens is 278 g/mol. The van der Waals surface area contributed by atoms with Crippen LogP contribution in [-0.2, 0) is 4.79 Å². The van der Waals surface area contributed by atoms with E-state index in [9.17, 15) is 9.59 Å². The molecule has 2 N–H and O–H groups in total. The summed E-state index contributed by atoms with van der Waals surface area (Å²) >= 11 is 5.42. The number of anilines is 2. The fourth-order valence-corrected chi connectivity index (χ4v) is 1.95. The van der Waals surface area contributed by atoms with Gasteiger partial charge in [-0.1, -0.05) is 0 Å². The standard InChI is InChI=1S/C14H20ClN3O2/c1-3-18(4-2)12-7-5-11(6-8-12)16-14(20)17-13(19)9-10-15/h5-8H,3-4,9-10H2,1-2H3,(H2,16,17,19,20). The zero-order valence-corrected chi connectivity index (χ0v) is 12.5. The van der Waals surface area contributed by atoms with E-state index in [1.165, 1.54) is 0 Å². The van der Waals surface area contributed by atoms with Crippen molar-refractivity contribution in [3.05, 3.63) is 24.3 Å². The summed E-state index contributed by atoms with van der Waals surface area (Å²) in [5.74, 6) is -0.199. The first-order valence-electron chi connectivity index (χ1n) is 6.62. The number of urea groups is 1. The van der Waals surface area contributed by atoms with Crippen LogP contribution in [0, 0.1) is 0 Å². The normalized spacial score (nSPS) is 9.95. The summed E-state index contributed by atoms with van der Waals surface area (Å²) in [7, 11) is 0. The fraction of sp³-hybridized carbons (Fsp3) is 0.429. The summed E-state index contributed by atoms with van der Waals surface area (Å²) in [5, 5.41) is 4.81. The van der Waals surface area contributed by atoms with Crippen LogP contribution in [0.1, 0.15) is 20.3 Å². The third-order valence-corrected chi connectivity index (χ3v) is 3.02. The smallest absolute Gasteiger partial charge is 0.325 e. The number of nitrogens with one attached hydrogen (secondary N) is 2. The fourth-order valence-electron chi connectivity index (χ4n) is 1.78. The number of carbonyl (C=O) groups is 2. The molecule has 0 aliphatic rings. The molecular formula is C14H20ClN3O2. The van der Waals surface area contributed by atoms with Crippen LogP contribution in [0.5, 0.6) is 0 Å². The number of nitrogens with zero attached hydrogens (tertiary/aromatic N) is 1. The molecule has 110 valence electrons. The third-order valence-electron chi connectivity index (χ3n) is 2.83. The van der Waals surface area contributed by atoms with Gasteiger partial charge in [0.25, 0.3) is 0 Å². The van der Waals surface area contributed by atoms with Gasteiger partial charge in [-0.05, 0) is 38.1 Å². The summed E-state index contributed by atoms with van der Waals surface area (Å²) in [6, 6.07) is 6.93.